The van der Waals surface area contributed by atoms with Crippen molar-refractivity contribution in [3.05, 3.63) is 272 Å². The second-order valence-corrected chi connectivity index (χ2v) is 24.8. The molecule has 11 aromatic rings. The summed E-state index contributed by atoms with van der Waals surface area (Å²) in [4.78, 5) is 0. The van der Waals surface area contributed by atoms with Crippen molar-refractivity contribution in [3.8, 4) is 16.8 Å². The van der Waals surface area contributed by atoms with Crippen molar-refractivity contribution >= 4 is 79.4 Å². The Bertz CT molecular complexity index is 3230. The molecule has 0 fully saturated rings. The Morgan fingerprint density at radius 1 is 0.297 bits per heavy atom. The van der Waals surface area contributed by atoms with Crippen LogP contribution in [0.5, 0.6) is 0 Å². The number of rotatable bonds is 9. The van der Waals surface area contributed by atoms with Crippen LogP contribution in [0.3, 0.4) is 0 Å². The summed E-state index contributed by atoms with van der Waals surface area (Å²) in [5.41, 5.74) is 9.15. The van der Waals surface area contributed by atoms with E-state index in [9.17, 15) is 0 Å². The molecule has 0 atom stereocenters. The van der Waals surface area contributed by atoms with Crippen molar-refractivity contribution < 1.29 is 0 Å². The molecule has 12 rings (SSSR count). The van der Waals surface area contributed by atoms with E-state index in [0.29, 0.717) is 0 Å². The maximum absolute atomic E-state index is 2.78. The molecular formula is C61H45NSi2. The first-order valence-corrected chi connectivity index (χ1v) is 26.4. The topological polar surface area (TPSA) is 4.93 Å². The predicted molar refractivity (Wildman–Crippen MR) is 276 cm³/mol. The van der Waals surface area contributed by atoms with Gasteiger partial charge in [0.25, 0.3) is 0 Å². The van der Waals surface area contributed by atoms with Gasteiger partial charge in [-0.2, -0.15) is 0 Å². The molecule has 1 aromatic heterocycles. The third-order valence-corrected chi connectivity index (χ3v) is 23.4. The highest BCUT2D eigenvalue weighted by Gasteiger charge is 2.43. The highest BCUT2D eigenvalue weighted by atomic mass is 28.3. The van der Waals surface area contributed by atoms with Gasteiger partial charge in [0.1, 0.15) is 0 Å². The van der Waals surface area contributed by atoms with Crippen molar-refractivity contribution in [2.24, 2.45) is 0 Å². The van der Waals surface area contributed by atoms with Gasteiger partial charge in [-0.3, -0.25) is 0 Å². The van der Waals surface area contributed by atoms with Gasteiger partial charge in [-0.25, -0.2) is 0 Å². The molecule has 1 heterocycles. The molecule has 1 aliphatic carbocycles. The number of benzene rings is 10. The predicted octanol–water partition coefficient (Wildman–Crippen LogP) is 9.11. The zero-order valence-electron chi connectivity index (χ0n) is 35.5. The van der Waals surface area contributed by atoms with Gasteiger partial charge in [0.05, 0.1) is 11.0 Å². The molecule has 302 valence electrons. The first-order chi connectivity index (χ1) is 31.8. The summed E-state index contributed by atoms with van der Waals surface area (Å²) < 4.78 is 2.56. The van der Waals surface area contributed by atoms with Gasteiger partial charge < -0.3 is 4.57 Å². The van der Waals surface area contributed by atoms with E-state index < -0.39 is 16.1 Å². The van der Waals surface area contributed by atoms with Crippen molar-refractivity contribution in [1.29, 1.82) is 0 Å². The Hall–Kier alpha value is -7.57. The second kappa shape index (κ2) is 15.7. The zero-order valence-corrected chi connectivity index (χ0v) is 37.5. The van der Waals surface area contributed by atoms with E-state index in [1.54, 1.807) is 0 Å². The molecule has 0 saturated carbocycles. The molecule has 0 radical (unpaired) electrons. The standard InChI is InChI=1S/C61H45NSi2/c1-8-22-47(23-9-1)62-59-41-39-55(64(51-30-16-5-17-31-51,52-32-18-6-19-33-52)53-34-20-7-21-35-53)44-58(59)56-40-37-46-42-45-36-38-54(43-57(45)60(46)61(56)62)63(48-24-10-2-11-25-48,49-26-12-3-13-27-49)50-28-14-4-15-29-50/h1-41,43-44H,42H2. The van der Waals surface area contributed by atoms with Gasteiger partial charge in [0.2, 0.25) is 0 Å². The monoisotopic (exact) mass is 847 g/mol. The maximum Gasteiger partial charge on any atom is 0.179 e. The number of hydrogen-bond acceptors (Lipinski definition) is 0. The first kappa shape index (κ1) is 38.1. The average Bonchev–Trinajstić information content (AvgIpc) is 3.92. The molecular weight excluding hydrogens is 803 g/mol. The fourth-order valence-electron chi connectivity index (χ4n) is 11.2. The number of para-hydroxylation sites is 1. The average molecular weight is 848 g/mol. The largest absolute Gasteiger partial charge is 0.309 e. The van der Waals surface area contributed by atoms with Crippen LogP contribution >= 0.6 is 0 Å². The van der Waals surface area contributed by atoms with Crippen LogP contribution in [-0.2, 0) is 6.42 Å². The van der Waals surface area contributed by atoms with Crippen LogP contribution in [0.15, 0.2) is 261 Å². The number of hydrogen-bond donors (Lipinski definition) is 0. The van der Waals surface area contributed by atoms with E-state index in [-0.39, 0.29) is 0 Å². The molecule has 1 aliphatic rings. The molecule has 1 nitrogen and oxygen atoms in total. The summed E-state index contributed by atoms with van der Waals surface area (Å²) in [5.74, 6) is 0. The highest BCUT2D eigenvalue weighted by molar-refractivity contribution is 7.20. The van der Waals surface area contributed by atoms with Gasteiger partial charge in [0, 0.05) is 22.0 Å². The smallest absolute Gasteiger partial charge is 0.179 e. The van der Waals surface area contributed by atoms with E-state index in [0.717, 1.165) is 6.42 Å². The number of nitrogens with zero attached hydrogens (tertiary/aromatic N) is 1. The van der Waals surface area contributed by atoms with Crippen molar-refractivity contribution in [2.45, 2.75) is 6.42 Å². The Balaban J connectivity index is 1.16. The lowest BCUT2D eigenvalue weighted by Gasteiger charge is -2.34. The van der Waals surface area contributed by atoms with E-state index in [1.807, 2.05) is 0 Å². The highest BCUT2D eigenvalue weighted by Crippen LogP contribution is 2.45. The Morgan fingerprint density at radius 3 is 1.11 bits per heavy atom. The summed E-state index contributed by atoms with van der Waals surface area (Å²) in [6.45, 7) is 0. The van der Waals surface area contributed by atoms with Crippen molar-refractivity contribution in [3.63, 3.8) is 0 Å². The minimum atomic E-state index is -2.78. The van der Waals surface area contributed by atoms with Gasteiger partial charge in [0.15, 0.2) is 16.1 Å². The first-order valence-electron chi connectivity index (χ1n) is 22.4. The summed E-state index contributed by atoms with van der Waals surface area (Å²) in [5, 5.41) is 13.6. The zero-order chi connectivity index (χ0) is 42.5. The van der Waals surface area contributed by atoms with E-state index in [1.165, 1.54) is 91.2 Å². The molecule has 3 heteroatoms. The molecule has 64 heavy (non-hydrogen) atoms. The van der Waals surface area contributed by atoms with Crippen molar-refractivity contribution in [2.75, 3.05) is 0 Å². The van der Waals surface area contributed by atoms with E-state index in [4.69, 9.17) is 0 Å². The lowest BCUT2D eigenvalue weighted by molar-refractivity contribution is 1.18. The number of fused-ring (bicyclic) bond motifs is 7. The fourth-order valence-corrected chi connectivity index (χ4v) is 20.7. The normalized spacial score (nSPS) is 12.3. The van der Waals surface area contributed by atoms with Crippen LogP contribution in [0.4, 0.5) is 0 Å². The minimum absolute atomic E-state index is 0.908. The second-order valence-electron chi connectivity index (χ2n) is 17.1. The molecule has 0 bridgehead atoms. The van der Waals surface area contributed by atoms with Crippen molar-refractivity contribution in [1.82, 2.24) is 4.57 Å². The minimum Gasteiger partial charge on any atom is -0.309 e. The van der Waals surface area contributed by atoms with Crippen LogP contribution in [0.2, 0.25) is 0 Å². The van der Waals surface area contributed by atoms with Crippen LogP contribution in [0.25, 0.3) is 38.6 Å². The third kappa shape index (κ3) is 5.82. The Morgan fingerprint density at radius 2 is 0.672 bits per heavy atom. The lowest BCUT2D eigenvalue weighted by Crippen LogP contribution is -2.74. The Labute approximate surface area is 377 Å². The fraction of sp³-hybridized carbons (Fsp3) is 0.0164. The summed E-state index contributed by atoms with van der Waals surface area (Å²) in [6.07, 6.45) is 0.908. The molecule has 0 unspecified atom stereocenters. The maximum atomic E-state index is 2.59. The molecule has 10 aromatic carbocycles. The van der Waals surface area contributed by atoms with Gasteiger partial charge in [-0.05, 0) is 82.8 Å². The van der Waals surface area contributed by atoms with E-state index >= 15 is 0 Å². The van der Waals surface area contributed by atoms with Crippen LogP contribution in [0.1, 0.15) is 11.1 Å². The van der Waals surface area contributed by atoms with Crippen LogP contribution in [-0.4, -0.2) is 20.7 Å². The van der Waals surface area contributed by atoms with E-state index in [2.05, 4.69) is 265 Å². The lowest BCUT2D eigenvalue weighted by atomic mass is 10.0. The summed E-state index contributed by atoms with van der Waals surface area (Å²) in [6, 6.07) is 98.5. The molecule has 0 saturated heterocycles. The van der Waals surface area contributed by atoms with Gasteiger partial charge in [-0.15, -0.1) is 0 Å². The summed E-state index contributed by atoms with van der Waals surface area (Å²) >= 11 is 0. The molecule has 0 spiro atoms. The number of aromatic nitrogens is 1. The van der Waals surface area contributed by atoms with Crippen LogP contribution < -0.4 is 41.5 Å². The quantitative estimate of drug-likeness (QED) is 0.101. The Kier molecular flexibility index (Phi) is 9.33. The third-order valence-electron chi connectivity index (χ3n) is 13.9. The summed E-state index contributed by atoms with van der Waals surface area (Å²) in [7, 11) is -5.55. The van der Waals surface area contributed by atoms with Crippen LogP contribution in [0, 0.1) is 0 Å². The SMILES string of the molecule is c1ccc(-n2c3ccc([Si](c4ccccc4)(c4ccccc4)c4ccccc4)cc3c3ccc4c(c32)-c2cc([Si](c3ccccc3)(c3ccccc3)c3ccccc3)ccc2C4)cc1. The van der Waals surface area contributed by atoms with Gasteiger partial charge in [-0.1, -0.05) is 243 Å². The van der Waals surface area contributed by atoms with Gasteiger partial charge >= 0.3 is 0 Å². The molecule has 0 amide bonds. The molecule has 0 N–H and O–H groups in total. The molecule has 0 aliphatic heterocycles.